The van der Waals surface area contributed by atoms with Gasteiger partial charge in [-0.05, 0) is 17.5 Å². The van der Waals surface area contributed by atoms with Gasteiger partial charge in [-0.2, -0.15) is 0 Å². The molecule has 0 radical (unpaired) electrons. The SMILES string of the molecule is COCCc1cccc(CC(=O)CP(=O)(O)O)c1. The van der Waals surface area contributed by atoms with Crippen LogP contribution < -0.4 is 0 Å². The van der Waals surface area contributed by atoms with Crippen molar-refractivity contribution in [1.29, 1.82) is 0 Å². The van der Waals surface area contributed by atoms with Crippen molar-refractivity contribution in [3.8, 4) is 0 Å². The van der Waals surface area contributed by atoms with Crippen molar-refractivity contribution in [2.45, 2.75) is 12.8 Å². The minimum absolute atomic E-state index is 0.0476. The van der Waals surface area contributed by atoms with Crippen LogP contribution >= 0.6 is 7.60 Å². The third kappa shape index (κ3) is 6.07. The third-order valence-corrected chi connectivity index (χ3v) is 3.13. The van der Waals surface area contributed by atoms with Crippen molar-refractivity contribution in [3.05, 3.63) is 35.4 Å². The zero-order chi connectivity index (χ0) is 13.6. The first-order valence-electron chi connectivity index (χ1n) is 5.54. The van der Waals surface area contributed by atoms with Gasteiger partial charge in [0.15, 0.2) is 0 Å². The molecule has 0 spiro atoms. The van der Waals surface area contributed by atoms with Crippen LogP contribution in [0.1, 0.15) is 11.1 Å². The highest BCUT2D eigenvalue weighted by Crippen LogP contribution is 2.34. The van der Waals surface area contributed by atoms with Gasteiger partial charge in [-0.1, -0.05) is 24.3 Å². The number of methoxy groups -OCH3 is 1. The van der Waals surface area contributed by atoms with E-state index in [0.29, 0.717) is 6.61 Å². The molecule has 0 saturated heterocycles. The lowest BCUT2D eigenvalue weighted by molar-refractivity contribution is -0.116. The predicted molar refractivity (Wildman–Crippen MR) is 67.6 cm³/mol. The predicted octanol–water partition coefficient (Wildman–Crippen LogP) is 1.16. The lowest BCUT2D eigenvalue weighted by Crippen LogP contribution is -2.09. The molecule has 0 aromatic heterocycles. The molecule has 18 heavy (non-hydrogen) atoms. The maximum Gasteiger partial charge on any atom is 0.332 e. The summed E-state index contributed by atoms with van der Waals surface area (Å²) in [6, 6.07) is 7.38. The first-order chi connectivity index (χ1) is 8.40. The Balaban J connectivity index is 2.61. The van der Waals surface area contributed by atoms with E-state index in [9.17, 15) is 9.36 Å². The Kier molecular flexibility index (Phi) is 5.69. The van der Waals surface area contributed by atoms with Gasteiger partial charge >= 0.3 is 7.60 Å². The molecule has 1 aromatic carbocycles. The Bertz CT molecular complexity index is 452. The second kappa shape index (κ2) is 6.81. The van der Waals surface area contributed by atoms with Crippen LogP contribution in [-0.2, 0) is 26.9 Å². The summed E-state index contributed by atoms with van der Waals surface area (Å²) in [7, 11) is -2.64. The number of ether oxygens (including phenoxy) is 1. The highest BCUT2D eigenvalue weighted by molar-refractivity contribution is 7.52. The lowest BCUT2D eigenvalue weighted by atomic mass is 10.0. The smallest absolute Gasteiger partial charge is 0.332 e. The fourth-order valence-electron chi connectivity index (χ4n) is 1.63. The molecule has 0 aliphatic carbocycles. The van der Waals surface area contributed by atoms with Gasteiger partial charge in [0.25, 0.3) is 0 Å². The number of Topliss-reactive ketones (excluding diaryl/α,β-unsaturated/α-hetero) is 1. The van der Waals surface area contributed by atoms with Crippen molar-refractivity contribution in [1.82, 2.24) is 0 Å². The molecule has 0 atom stereocenters. The summed E-state index contributed by atoms with van der Waals surface area (Å²) in [6.45, 7) is 0.597. The summed E-state index contributed by atoms with van der Waals surface area (Å²) in [5.41, 5.74) is 1.81. The maximum atomic E-state index is 11.4. The number of ketones is 1. The average molecular weight is 272 g/mol. The van der Waals surface area contributed by atoms with Gasteiger partial charge < -0.3 is 14.5 Å². The molecule has 0 aliphatic rings. The van der Waals surface area contributed by atoms with E-state index >= 15 is 0 Å². The van der Waals surface area contributed by atoms with E-state index in [1.54, 1.807) is 13.2 Å². The first kappa shape index (κ1) is 15.1. The molecular weight excluding hydrogens is 255 g/mol. The number of carbonyl (C=O) groups excluding carboxylic acids is 1. The highest BCUT2D eigenvalue weighted by Gasteiger charge is 2.18. The quantitative estimate of drug-likeness (QED) is 0.728. The van der Waals surface area contributed by atoms with Crippen molar-refractivity contribution in [3.63, 3.8) is 0 Å². The Labute approximate surface area is 106 Å². The summed E-state index contributed by atoms with van der Waals surface area (Å²) in [4.78, 5) is 28.9. The van der Waals surface area contributed by atoms with Crippen LogP contribution in [0.4, 0.5) is 0 Å². The summed E-state index contributed by atoms with van der Waals surface area (Å²) < 4.78 is 15.7. The van der Waals surface area contributed by atoms with Crippen molar-refractivity contribution >= 4 is 13.4 Å². The van der Waals surface area contributed by atoms with Gasteiger partial charge in [-0.3, -0.25) is 9.36 Å². The monoisotopic (exact) mass is 272 g/mol. The summed E-state index contributed by atoms with van der Waals surface area (Å²) in [5, 5.41) is 0. The number of rotatable bonds is 7. The molecule has 1 aromatic rings. The molecule has 0 amide bonds. The van der Waals surface area contributed by atoms with Crippen LogP contribution in [0, 0.1) is 0 Å². The van der Waals surface area contributed by atoms with E-state index in [0.717, 1.165) is 17.5 Å². The molecule has 6 heteroatoms. The molecule has 0 aliphatic heterocycles. The highest BCUT2D eigenvalue weighted by atomic mass is 31.2. The molecule has 1 rings (SSSR count). The van der Waals surface area contributed by atoms with Crippen LogP contribution in [0.15, 0.2) is 24.3 Å². The van der Waals surface area contributed by atoms with Gasteiger partial charge in [0, 0.05) is 13.5 Å². The first-order valence-corrected chi connectivity index (χ1v) is 7.33. The van der Waals surface area contributed by atoms with E-state index < -0.39 is 19.5 Å². The lowest BCUT2D eigenvalue weighted by Gasteiger charge is -2.06. The number of hydrogen-bond acceptors (Lipinski definition) is 3. The van der Waals surface area contributed by atoms with E-state index in [1.165, 1.54) is 0 Å². The molecule has 0 heterocycles. The third-order valence-electron chi connectivity index (χ3n) is 2.37. The largest absolute Gasteiger partial charge is 0.384 e. The minimum Gasteiger partial charge on any atom is -0.384 e. The van der Waals surface area contributed by atoms with Gasteiger partial charge in [0.1, 0.15) is 11.9 Å². The summed E-state index contributed by atoms with van der Waals surface area (Å²) >= 11 is 0. The molecular formula is C12H17O5P. The van der Waals surface area contributed by atoms with E-state index in [-0.39, 0.29) is 6.42 Å². The van der Waals surface area contributed by atoms with Crippen molar-refractivity contribution < 1.29 is 23.9 Å². The minimum atomic E-state index is -4.26. The molecule has 100 valence electrons. The standard InChI is InChI=1S/C12H17O5P/c1-17-6-5-10-3-2-4-11(7-10)8-12(13)9-18(14,15)16/h2-4,7H,5-6,8-9H2,1H3,(H2,14,15,16). The van der Waals surface area contributed by atoms with E-state index in [1.807, 2.05) is 18.2 Å². The van der Waals surface area contributed by atoms with Crippen LogP contribution in [0.5, 0.6) is 0 Å². The molecule has 2 N–H and O–H groups in total. The van der Waals surface area contributed by atoms with Crippen molar-refractivity contribution in [2.24, 2.45) is 0 Å². The number of hydrogen-bond donors (Lipinski definition) is 2. The molecule has 0 saturated carbocycles. The Hall–Kier alpha value is -1.00. The average Bonchev–Trinajstić information content (AvgIpc) is 2.24. The molecule has 0 fully saturated rings. The zero-order valence-electron chi connectivity index (χ0n) is 10.2. The fourth-order valence-corrected chi connectivity index (χ4v) is 2.20. The Morgan fingerprint density at radius 3 is 2.61 bits per heavy atom. The Morgan fingerprint density at radius 2 is 2.00 bits per heavy atom. The number of carbonyl (C=O) groups is 1. The van der Waals surface area contributed by atoms with Crippen molar-refractivity contribution in [2.75, 3.05) is 19.9 Å². The van der Waals surface area contributed by atoms with Crippen LogP contribution in [0.25, 0.3) is 0 Å². The second-order valence-electron chi connectivity index (χ2n) is 4.10. The molecule has 0 unspecified atom stereocenters. The number of benzene rings is 1. The normalized spacial score (nSPS) is 11.5. The second-order valence-corrected chi connectivity index (χ2v) is 5.75. The van der Waals surface area contributed by atoms with Gasteiger partial charge in [0.2, 0.25) is 0 Å². The van der Waals surface area contributed by atoms with Gasteiger partial charge in [-0.15, -0.1) is 0 Å². The van der Waals surface area contributed by atoms with Crippen LogP contribution in [0.3, 0.4) is 0 Å². The van der Waals surface area contributed by atoms with Gasteiger partial charge in [-0.25, -0.2) is 0 Å². The van der Waals surface area contributed by atoms with Crippen LogP contribution in [0.2, 0.25) is 0 Å². The zero-order valence-corrected chi connectivity index (χ0v) is 11.1. The maximum absolute atomic E-state index is 11.4. The summed E-state index contributed by atoms with van der Waals surface area (Å²) in [5.74, 6) is -0.452. The van der Waals surface area contributed by atoms with E-state index in [4.69, 9.17) is 14.5 Å². The molecule has 0 bridgehead atoms. The van der Waals surface area contributed by atoms with E-state index in [2.05, 4.69) is 0 Å². The van der Waals surface area contributed by atoms with Gasteiger partial charge in [0.05, 0.1) is 6.61 Å². The Morgan fingerprint density at radius 1 is 1.33 bits per heavy atom. The van der Waals surface area contributed by atoms with Crippen LogP contribution in [-0.4, -0.2) is 35.4 Å². The summed E-state index contributed by atoms with van der Waals surface area (Å²) in [6.07, 6.45) is 0.0955. The molecule has 5 nitrogen and oxygen atoms in total. The fraction of sp³-hybridized carbons (Fsp3) is 0.417. The topological polar surface area (TPSA) is 83.8 Å².